The summed E-state index contributed by atoms with van der Waals surface area (Å²) in [5, 5.41) is 4.86. The molecule has 276 valence electrons. The highest BCUT2D eigenvalue weighted by Gasteiger charge is 2.41. The van der Waals surface area contributed by atoms with Gasteiger partial charge in [-0.05, 0) is 91.3 Å². The van der Waals surface area contributed by atoms with Gasteiger partial charge in [0.1, 0.15) is 30.0 Å². The van der Waals surface area contributed by atoms with Crippen LogP contribution in [0, 0.1) is 5.92 Å². The van der Waals surface area contributed by atoms with Gasteiger partial charge in [-0.25, -0.2) is 14.8 Å². The van der Waals surface area contributed by atoms with Crippen LogP contribution in [0.4, 0.5) is 4.79 Å². The molecule has 1 unspecified atom stereocenters. The van der Waals surface area contributed by atoms with E-state index in [-0.39, 0.29) is 35.9 Å². The van der Waals surface area contributed by atoms with Crippen LogP contribution in [0.2, 0.25) is 0 Å². The number of amides is 3. The summed E-state index contributed by atoms with van der Waals surface area (Å²) in [5.41, 5.74) is 6.94. The standard InChI is InChI=1S/C41H47N7O5/c1-6-8-35(49)47-16-7-9-32(47)39-43-30-14-12-24-18-29-27-13-11-25(17-26(27)21-53-34(29)19-28(24)37(30)45-39)31-20-42-38(44-31)33-15-10-23(4)48(33)40(50)36(22(2)3)46-41(51)52-5/h11-14,17-20,22-23,32-33,36H,6-10,15-16,21H2,1-5H3,(H,42,44)(H,43,45)(H,46,51)/t23-,32-,33-,36?/m0/s1. The topological polar surface area (TPSA) is 146 Å². The molecular weight excluding hydrogens is 670 g/mol. The second kappa shape index (κ2) is 13.9. The monoisotopic (exact) mass is 717 g/mol. The summed E-state index contributed by atoms with van der Waals surface area (Å²) in [6.45, 7) is 9.11. The quantitative estimate of drug-likeness (QED) is 0.150. The molecule has 3 aliphatic heterocycles. The molecule has 0 bridgehead atoms. The number of nitrogens with one attached hydrogen (secondary N) is 3. The molecule has 3 aliphatic rings. The molecule has 53 heavy (non-hydrogen) atoms. The minimum atomic E-state index is -0.700. The molecule has 3 amide bonds. The number of likely N-dealkylation sites (tertiary alicyclic amines) is 2. The predicted octanol–water partition coefficient (Wildman–Crippen LogP) is 7.56. The SMILES string of the molecule is CCCC(=O)N1CCC[C@H]1c1nc2ccc3cc4c(cc3c2[nH]1)OCc1cc(-c2cnc([C@@H]3CC[C@H](C)N3C(=O)C(NC(=O)OC)C(C)C)[nH]2)ccc1-4. The van der Waals surface area contributed by atoms with Gasteiger partial charge in [0.05, 0.1) is 42.1 Å². The highest BCUT2D eigenvalue weighted by atomic mass is 16.5. The van der Waals surface area contributed by atoms with Crippen molar-refractivity contribution in [3.05, 3.63) is 65.9 Å². The molecule has 12 nitrogen and oxygen atoms in total. The van der Waals surface area contributed by atoms with Crippen LogP contribution in [0.15, 0.2) is 48.7 Å². The second-order valence-corrected chi connectivity index (χ2v) is 15.0. The number of H-pyrrole nitrogens is 2. The summed E-state index contributed by atoms with van der Waals surface area (Å²) in [6.07, 6.45) is 6.12. The second-order valence-electron chi connectivity index (χ2n) is 15.0. The van der Waals surface area contributed by atoms with Crippen molar-refractivity contribution in [1.82, 2.24) is 35.1 Å². The Bertz CT molecular complexity index is 2220. The molecule has 5 aromatic rings. The largest absolute Gasteiger partial charge is 0.488 e. The molecule has 12 heteroatoms. The number of methoxy groups -OCH3 is 1. The van der Waals surface area contributed by atoms with E-state index >= 15 is 0 Å². The fourth-order valence-corrected chi connectivity index (χ4v) is 8.48. The molecule has 0 radical (unpaired) electrons. The Hall–Kier alpha value is -5.39. The van der Waals surface area contributed by atoms with Gasteiger partial charge >= 0.3 is 6.09 Å². The Morgan fingerprint density at radius 2 is 1.87 bits per heavy atom. The summed E-state index contributed by atoms with van der Waals surface area (Å²) in [5.74, 6) is 2.36. The highest BCUT2D eigenvalue weighted by Crippen LogP contribution is 2.43. The van der Waals surface area contributed by atoms with Crippen molar-refractivity contribution in [1.29, 1.82) is 0 Å². The van der Waals surface area contributed by atoms with Crippen LogP contribution in [0.25, 0.3) is 44.2 Å². The van der Waals surface area contributed by atoms with E-state index in [0.717, 1.165) is 106 Å². The molecule has 5 heterocycles. The number of benzene rings is 3. The van der Waals surface area contributed by atoms with E-state index in [2.05, 4.69) is 57.7 Å². The summed E-state index contributed by atoms with van der Waals surface area (Å²) in [7, 11) is 1.30. The maximum absolute atomic E-state index is 13.8. The zero-order chi connectivity index (χ0) is 37.0. The average Bonchev–Trinajstić information content (AvgIpc) is 3.98. The van der Waals surface area contributed by atoms with Crippen molar-refractivity contribution in [3.63, 3.8) is 0 Å². The van der Waals surface area contributed by atoms with Gasteiger partial charge in [-0.15, -0.1) is 0 Å². The van der Waals surface area contributed by atoms with Crippen molar-refractivity contribution in [2.75, 3.05) is 13.7 Å². The van der Waals surface area contributed by atoms with Crippen LogP contribution >= 0.6 is 0 Å². The van der Waals surface area contributed by atoms with E-state index in [4.69, 9.17) is 19.4 Å². The van der Waals surface area contributed by atoms with Crippen molar-refractivity contribution < 1.29 is 23.9 Å². The van der Waals surface area contributed by atoms with Crippen LogP contribution in [0.3, 0.4) is 0 Å². The van der Waals surface area contributed by atoms with Gasteiger partial charge in [0.15, 0.2) is 0 Å². The van der Waals surface area contributed by atoms with Crippen molar-refractivity contribution in [2.45, 2.75) is 97.0 Å². The molecule has 8 rings (SSSR count). The first-order valence-corrected chi connectivity index (χ1v) is 18.9. The molecule has 0 spiro atoms. The summed E-state index contributed by atoms with van der Waals surface area (Å²) in [6, 6.07) is 13.9. The number of aromatic nitrogens is 4. The smallest absolute Gasteiger partial charge is 0.407 e. The Labute approximate surface area is 308 Å². The molecule has 2 saturated heterocycles. The Morgan fingerprint density at radius 1 is 1.02 bits per heavy atom. The lowest BCUT2D eigenvalue weighted by Crippen LogP contribution is -2.52. The van der Waals surface area contributed by atoms with E-state index in [9.17, 15) is 14.4 Å². The predicted molar refractivity (Wildman–Crippen MR) is 202 cm³/mol. The number of nitrogens with zero attached hydrogens (tertiary/aromatic N) is 4. The van der Waals surface area contributed by atoms with Crippen LogP contribution in [-0.2, 0) is 20.9 Å². The fourth-order valence-electron chi connectivity index (χ4n) is 8.48. The zero-order valence-electron chi connectivity index (χ0n) is 31.0. The molecule has 2 fully saturated rings. The Kier molecular flexibility index (Phi) is 9.08. The van der Waals surface area contributed by atoms with Gasteiger partial charge in [-0.1, -0.05) is 39.0 Å². The first-order valence-electron chi connectivity index (χ1n) is 18.9. The Balaban J connectivity index is 1.05. The van der Waals surface area contributed by atoms with E-state index in [1.165, 1.54) is 7.11 Å². The Morgan fingerprint density at radius 3 is 2.66 bits per heavy atom. The number of hydrogen-bond donors (Lipinski definition) is 3. The van der Waals surface area contributed by atoms with E-state index in [0.29, 0.717) is 13.0 Å². The van der Waals surface area contributed by atoms with Gasteiger partial charge in [-0.3, -0.25) is 9.59 Å². The van der Waals surface area contributed by atoms with Gasteiger partial charge in [-0.2, -0.15) is 0 Å². The van der Waals surface area contributed by atoms with Crippen LogP contribution in [0.5, 0.6) is 5.75 Å². The maximum Gasteiger partial charge on any atom is 0.407 e. The number of carbonyl (C=O) groups excluding carboxylic acids is 3. The average molecular weight is 718 g/mol. The summed E-state index contributed by atoms with van der Waals surface area (Å²) >= 11 is 0. The zero-order valence-corrected chi connectivity index (χ0v) is 31.0. The number of hydrogen-bond acceptors (Lipinski definition) is 7. The van der Waals surface area contributed by atoms with Crippen molar-refractivity contribution in [3.8, 4) is 28.1 Å². The molecular formula is C41H47N7O5. The number of carbonyl (C=O) groups is 3. The van der Waals surface area contributed by atoms with Crippen LogP contribution < -0.4 is 10.1 Å². The molecule has 0 aliphatic carbocycles. The minimum absolute atomic E-state index is 0.00379. The van der Waals surface area contributed by atoms with Crippen molar-refractivity contribution in [2.24, 2.45) is 5.92 Å². The molecule has 3 aromatic carbocycles. The summed E-state index contributed by atoms with van der Waals surface area (Å²) < 4.78 is 11.2. The van der Waals surface area contributed by atoms with Crippen LogP contribution in [0.1, 0.15) is 95.5 Å². The first-order chi connectivity index (χ1) is 25.6. The van der Waals surface area contributed by atoms with Crippen LogP contribution in [-0.4, -0.2) is 73.4 Å². The number of rotatable bonds is 8. The van der Waals surface area contributed by atoms with Gasteiger partial charge in [0, 0.05) is 30.0 Å². The minimum Gasteiger partial charge on any atom is -0.488 e. The molecule has 4 atom stereocenters. The first kappa shape index (κ1) is 34.7. The number of ether oxygens (including phenoxy) is 2. The lowest BCUT2D eigenvalue weighted by Gasteiger charge is -2.32. The number of fused-ring (bicyclic) bond motifs is 6. The normalized spacial score (nSPS) is 20.1. The number of aromatic amines is 2. The van der Waals surface area contributed by atoms with E-state index in [1.807, 2.05) is 43.7 Å². The van der Waals surface area contributed by atoms with Gasteiger partial charge in [0.2, 0.25) is 11.8 Å². The molecule has 3 N–H and O–H groups in total. The molecule has 0 saturated carbocycles. The maximum atomic E-state index is 13.8. The van der Waals surface area contributed by atoms with E-state index < -0.39 is 12.1 Å². The van der Waals surface area contributed by atoms with Gasteiger partial charge < -0.3 is 34.6 Å². The van der Waals surface area contributed by atoms with Gasteiger partial charge in [0.25, 0.3) is 0 Å². The number of alkyl carbamates (subject to hydrolysis) is 1. The third-order valence-electron chi connectivity index (χ3n) is 11.3. The lowest BCUT2D eigenvalue weighted by molar-refractivity contribution is -0.137. The third kappa shape index (κ3) is 6.17. The lowest BCUT2D eigenvalue weighted by atomic mass is 9.92. The molecule has 2 aromatic heterocycles. The van der Waals surface area contributed by atoms with E-state index in [1.54, 1.807) is 0 Å². The summed E-state index contributed by atoms with van der Waals surface area (Å²) in [4.78, 5) is 59.4. The number of imidazole rings is 2. The highest BCUT2D eigenvalue weighted by molar-refractivity contribution is 6.07. The fraction of sp³-hybridized carbons (Fsp3) is 0.439. The van der Waals surface area contributed by atoms with Crippen molar-refractivity contribution >= 4 is 39.7 Å². The third-order valence-corrected chi connectivity index (χ3v) is 11.3.